The molecule has 2 aromatic rings. The van der Waals surface area contributed by atoms with Crippen molar-refractivity contribution in [2.75, 3.05) is 0 Å². The van der Waals surface area contributed by atoms with E-state index in [9.17, 15) is 27.1 Å². The summed E-state index contributed by atoms with van der Waals surface area (Å²) in [7, 11) is -4.21. The number of nitrogens with zero attached hydrogens (tertiary/aromatic N) is 1. The van der Waals surface area contributed by atoms with E-state index in [1.54, 1.807) is 6.20 Å². The van der Waals surface area contributed by atoms with Crippen LogP contribution in [0.25, 0.3) is 11.6 Å². The zero-order valence-corrected chi connectivity index (χ0v) is 20.6. The lowest BCUT2D eigenvalue weighted by molar-refractivity contribution is -0.142. The van der Waals surface area contributed by atoms with Crippen LogP contribution in [0.4, 0.5) is 8.78 Å². The molecule has 0 bridgehead atoms. The fraction of sp³-hybridized carbons (Fsp3) is 0.407. The lowest BCUT2D eigenvalue weighted by Gasteiger charge is -2.48. The average Bonchev–Trinajstić information content (AvgIpc) is 3.61. The first-order valence-corrected chi connectivity index (χ1v) is 14.1. The second kappa shape index (κ2) is 7.55. The van der Waals surface area contributed by atoms with E-state index in [1.807, 2.05) is 42.5 Å². The first-order valence-electron chi connectivity index (χ1n) is 12.5. The minimum absolute atomic E-state index is 0.218. The van der Waals surface area contributed by atoms with Gasteiger partial charge >= 0.3 is 5.97 Å². The quantitative estimate of drug-likeness (QED) is 0.552. The standard InChI is InChI=1S/C27H25F2N3O4S/c28-26(29)12-18(13-26)32-37(35,36)24-20-11-15(14-3-4-14)5-7-19(20)22-23-16(2-1-9-30-23)10-17-6-8-21(25(33)34)27(17,22)31-24/h1-2,5-7,9-11,14,18,21,24,31-32H,3-4,8,12-13H2,(H,33,34). The number of pyridine rings is 1. The Balaban J connectivity index is 1.48. The summed E-state index contributed by atoms with van der Waals surface area (Å²) in [5.74, 6) is -4.55. The number of rotatable bonds is 5. The molecule has 1 aromatic heterocycles. The van der Waals surface area contributed by atoms with Crippen LogP contribution in [0, 0.1) is 5.92 Å². The Labute approximate surface area is 212 Å². The number of allylic oxidation sites excluding steroid dienone is 1. The SMILES string of the molecule is O=C(O)C1CC=C2C=c3cccnc3=C3c4ccc(C5CC5)cc4C(S(=O)(=O)NC4CC(F)(F)C4)NC231. The summed E-state index contributed by atoms with van der Waals surface area (Å²) in [6, 6.07) is 8.61. The molecule has 192 valence electrons. The highest BCUT2D eigenvalue weighted by Crippen LogP contribution is 2.53. The van der Waals surface area contributed by atoms with Crippen molar-refractivity contribution in [3.63, 3.8) is 0 Å². The molecule has 2 fully saturated rings. The number of benzene rings is 1. The maximum atomic E-state index is 13.8. The van der Waals surface area contributed by atoms with Crippen LogP contribution in [0.2, 0.25) is 0 Å². The van der Waals surface area contributed by atoms with Gasteiger partial charge in [-0.05, 0) is 59.6 Å². The number of aromatic nitrogens is 1. The minimum Gasteiger partial charge on any atom is -0.481 e. The molecule has 3 atom stereocenters. The van der Waals surface area contributed by atoms with Gasteiger partial charge in [-0.2, -0.15) is 0 Å². The molecule has 0 saturated heterocycles. The van der Waals surface area contributed by atoms with Gasteiger partial charge in [-0.25, -0.2) is 21.9 Å². The van der Waals surface area contributed by atoms with Crippen molar-refractivity contribution in [2.45, 2.75) is 60.9 Å². The number of nitrogens with one attached hydrogen (secondary N) is 2. The van der Waals surface area contributed by atoms with E-state index in [-0.39, 0.29) is 6.42 Å². The van der Waals surface area contributed by atoms with E-state index in [0.717, 1.165) is 23.6 Å². The maximum Gasteiger partial charge on any atom is 0.309 e. The molecular weight excluding hydrogens is 500 g/mol. The van der Waals surface area contributed by atoms with E-state index in [2.05, 4.69) is 15.0 Å². The monoisotopic (exact) mass is 525 g/mol. The molecule has 7 rings (SSSR count). The number of hydrogen-bond donors (Lipinski definition) is 3. The highest BCUT2D eigenvalue weighted by atomic mass is 32.2. The van der Waals surface area contributed by atoms with Crippen molar-refractivity contribution >= 4 is 27.6 Å². The van der Waals surface area contributed by atoms with E-state index < -0.39 is 57.6 Å². The fourth-order valence-corrected chi connectivity index (χ4v) is 8.16. The van der Waals surface area contributed by atoms with Gasteiger partial charge in [-0.1, -0.05) is 30.3 Å². The average molecular weight is 526 g/mol. The fourth-order valence-electron chi connectivity index (χ4n) is 6.53. The Kier molecular flexibility index (Phi) is 4.73. The second-order valence-corrected chi connectivity index (χ2v) is 12.6. The predicted molar refractivity (Wildman–Crippen MR) is 131 cm³/mol. The van der Waals surface area contributed by atoms with Crippen LogP contribution in [0.5, 0.6) is 0 Å². The summed E-state index contributed by atoms with van der Waals surface area (Å²) >= 11 is 0. The third kappa shape index (κ3) is 3.38. The Bertz CT molecular complexity index is 1620. The van der Waals surface area contributed by atoms with Gasteiger partial charge in [0.25, 0.3) is 5.92 Å². The molecule has 1 spiro atoms. The zero-order chi connectivity index (χ0) is 25.7. The number of carbonyl (C=O) groups is 1. The topological polar surface area (TPSA) is 108 Å². The maximum absolute atomic E-state index is 13.8. The van der Waals surface area contributed by atoms with Gasteiger partial charge < -0.3 is 5.11 Å². The van der Waals surface area contributed by atoms with Gasteiger partial charge in [0.1, 0.15) is 0 Å². The summed E-state index contributed by atoms with van der Waals surface area (Å²) in [5.41, 5.74) is 2.16. The summed E-state index contributed by atoms with van der Waals surface area (Å²) in [5, 5.41) is 13.7. The van der Waals surface area contributed by atoms with Crippen LogP contribution in [0.1, 0.15) is 60.1 Å². The van der Waals surface area contributed by atoms with Crippen LogP contribution in [0.15, 0.2) is 48.2 Å². The third-order valence-electron chi connectivity index (χ3n) is 8.40. The Morgan fingerprint density at radius 2 is 1.97 bits per heavy atom. The molecule has 1 aliphatic heterocycles. The molecule has 1 aromatic carbocycles. The lowest BCUT2D eigenvalue weighted by atomic mass is 9.68. The van der Waals surface area contributed by atoms with Crippen molar-refractivity contribution < 1.29 is 27.1 Å². The number of carboxylic acid groups (broad SMARTS) is 1. The molecule has 2 saturated carbocycles. The normalized spacial score (nSPS) is 29.7. The Morgan fingerprint density at radius 3 is 2.68 bits per heavy atom. The van der Waals surface area contributed by atoms with Crippen molar-refractivity contribution in [1.82, 2.24) is 15.0 Å². The predicted octanol–water partition coefficient (Wildman–Crippen LogP) is 2.04. The number of carboxylic acids is 1. The van der Waals surface area contributed by atoms with Crippen LogP contribution in [-0.2, 0) is 14.8 Å². The molecule has 7 nitrogen and oxygen atoms in total. The Hall–Kier alpha value is -2.95. The summed E-state index contributed by atoms with van der Waals surface area (Å²) < 4.78 is 57.2. The van der Waals surface area contributed by atoms with E-state index in [4.69, 9.17) is 0 Å². The first kappa shape index (κ1) is 23.2. The molecule has 5 aliphatic rings. The molecular formula is C27H25F2N3O4S. The molecule has 3 unspecified atom stereocenters. The summed E-state index contributed by atoms with van der Waals surface area (Å²) in [6.45, 7) is 0. The number of sulfonamides is 1. The van der Waals surface area contributed by atoms with E-state index in [1.165, 1.54) is 0 Å². The van der Waals surface area contributed by atoms with Crippen LogP contribution < -0.4 is 20.6 Å². The smallest absolute Gasteiger partial charge is 0.309 e. The third-order valence-corrected chi connectivity index (χ3v) is 10.1. The van der Waals surface area contributed by atoms with Gasteiger partial charge in [0, 0.05) is 35.9 Å². The number of hydrogen-bond acceptors (Lipinski definition) is 5. The number of halogens is 2. The van der Waals surface area contributed by atoms with Crippen LogP contribution in [-0.4, -0.2) is 42.0 Å². The summed E-state index contributed by atoms with van der Waals surface area (Å²) in [4.78, 5) is 17.2. The van der Waals surface area contributed by atoms with Gasteiger partial charge in [0.2, 0.25) is 10.0 Å². The second-order valence-electron chi connectivity index (χ2n) is 10.8. The lowest BCUT2D eigenvalue weighted by Crippen LogP contribution is -2.64. The number of fused-ring (bicyclic) bond motifs is 3. The van der Waals surface area contributed by atoms with E-state index >= 15 is 0 Å². The largest absolute Gasteiger partial charge is 0.481 e. The molecule has 10 heteroatoms. The molecule has 3 N–H and O–H groups in total. The minimum atomic E-state index is -4.21. The number of aliphatic carboxylic acids is 1. The molecule has 0 amide bonds. The molecule has 4 aliphatic carbocycles. The van der Waals surface area contributed by atoms with E-state index in [0.29, 0.717) is 33.5 Å². The van der Waals surface area contributed by atoms with Gasteiger partial charge in [0.15, 0.2) is 5.37 Å². The zero-order valence-electron chi connectivity index (χ0n) is 19.7. The van der Waals surface area contributed by atoms with Crippen LogP contribution in [0.3, 0.4) is 0 Å². The number of alkyl halides is 2. The molecule has 37 heavy (non-hydrogen) atoms. The van der Waals surface area contributed by atoms with Crippen molar-refractivity contribution in [3.8, 4) is 0 Å². The van der Waals surface area contributed by atoms with Crippen molar-refractivity contribution in [1.29, 1.82) is 0 Å². The van der Waals surface area contributed by atoms with Crippen molar-refractivity contribution in [3.05, 3.63) is 75.4 Å². The summed E-state index contributed by atoms with van der Waals surface area (Å²) in [6.07, 6.45) is 6.51. The highest BCUT2D eigenvalue weighted by Gasteiger charge is 2.59. The Morgan fingerprint density at radius 1 is 1.19 bits per heavy atom. The van der Waals surface area contributed by atoms with Gasteiger partial charge in [0.05, 0.1) is 16.8 Å². The van der Waals surface area contributed by atoms with Crippen molar-refractivity contribution in [2.24, 2.45) is 5.92 Å². The molecule has 0 radical (unpaired) electrons. The highest BCUT2D eigenvalue weighted by molar-refractivity contribution is 7.89. The molecule has 2 heterocycles. The first-order chi connectivity index (χ1) is 17.6. The van der Waals surface area contributed by atoms with Gasteiger partial charge in [-0.15, -0.1) is 0 Å². The van der Waals surface area contributed by atoms with Crippen LogP contribution >= 0.6 is 0 Å². The van der Waals surface area contributed by atoms with Gasteiger partial charge in [-0.3, -0.25) is 15.1 Å².